The molecule has 1 aromatic carbocycles. The minimum absolute atomic E-state index is 0.0960. The van der Waals surface area contributed by atoms with Crippen LogP contribution in [0.3, 0.4) is 0 Å². The number of ether oxygens (including phenoxy) is 2. The molecular weight excluding hydrogens is 208 g/mol. The SMILES string of the molecule is C=CCc1cc(OC)c(O)c(C(=O)OC)c1. The molecule has 0 atom stereocenters. The van der Waals surface area contributed by atoms with Gasteiger partial charge in [0.2, 0.25) is 0 Å². The largest absolute Gasteiger partial charge is 0.504 e. The van der Waals surface area contributed by atoms with E-state index in [2.05, 4.69) is 11.3 Å². The highest BCUT2D eigenvalue weighted by atomic mass is 16.5. The van der Waals surface area contributed by atoms with Crippen LogP contribution in [0.4, 0.5) is 0 Å². The second-order valence-corrected chi connectivity index (χ2v) is 3.18. The molecule has 0 bridgehead atoms. The van der Waals surface area contributed by atoms with Crippen LogP contribution in [0.5, 0.6) is 11.5 Å². The van der Waals surface area contributed by atoms with Gasteiger partial charge < -0.3 is 14.6 Å². The number of phenolic OH excluding ortho intramolecular Hbond substituents is 1. The lowest BCUT2D eigenvalue weighted by Gasteiger charge is -2.09. The number of allylic oxidation sites excluding steroid dienone is 1. The van der Waals surface area contributed by atoms with Gasteiger partial charge >= 0.3 is 5.97 Å². The fraction of sp³-hybridized carbons (Fsp3) is 0.250. The number of hydrogen-bond acceptors (Lipinski definition) is 4. The van der Waals surface area contributed by atoms with Crippen LogP contribution in [-0.4, -0.2) is 25.3 Å². The Bertz CT molecular complexity index is 410. The minimum atomic E-state index is -0.596. The molecule has 4 heteroatoms. The van der Waals surface area contributed by atoms with E-state index >= 15 is 0 Å². The molecule has 0 aromatic heterocycles. The number of carbonyl (C=O) groups excluding carboxylic acids is 1. The summed E-state index contributed by atoms with van der Waals surface area (Å²) in [6, 6.07) is 3.22. The summed E-state index contributed by atoms with van der Waals surface area (Å²) in [5, 5.41) is 9.73. The fourth-order valence-electron chi connectivity index (χ4n) is 1.37. The van der Waals surface area contributed by atoms with Crippen molar-refractivity contribution in [2.24, 2.45) is 0 Å². The maximum atomic E-state index is 11.4. The number of phenols is 1. The van der Waals surface area contributed by atoms with E-state index in [1.54, 1.807) is 18.2 Å². The van der Waals surface area contributed by atoms with Gasteiger partial charge in [-0.3, -0.25) is 0 Å². The molecule has 0 aliphatic rings. The third-order valence-corrected chi connectivity index (χ3v) is 2.14. The molecule has 0 unspecified atom stereocenters. The van der Waals surface area contributed by atoms with Crippen molar-refractivity contribution >= 4 is 5.97 Å². The highest BCUT2D eigenvalue weighted by Crippen LogP contribution is 2.32. The third-order valence-electron chi connectivity index (χ3n) is 2.14. The molecule has 16 heavy (non-hydrogen) atoms. The van der Waals surface area contributed by atoms with E-state index in [1.807, 2.05) is 0 Å². The van der Waals surface area contributed by atoms with Crippen molar-refractivity contribution < 1.29 is 19.4 Å². The number of benzene rings is 1. The maximum absolute atomic E-state index is 11.4. The number of methoxy groups -OCH3 is 2. The van der Waals surface area contributed by atoms with Gasteiger partial charge in [0.25, 0.3) is 0 Å². The predicted molar refractivity (Wildman–Crippen MR) is 59.9 cm³/mol. The summed E-state index contributed by atoms with van der Waals surface area (Å²) in [6.07, 6.45) is 2.29. The Morgan fingerprint density at radius 2 is 2.19 bits per heavy atom. The first kappa shape index (κ1) is 12.1. The Balaban J connectivity index is 3.29. The highest BCUT2D eigenvalue weighted by molar-refractivity contribution is 5.93. The second kappa shape index (κ2) is 5.21. The molecule has 1 aromatic rings. The van der Waals surface area contributed by atoms with Crippen LogP contribution in [-0.2, 0) is 11.2 Å². The highest BCUT2D eigenvalue weighted by Gasteiger charge is 2.16. The smallest absolute Gasteiger partial charge is 0.341 e. The number of hydrogen-bond donors (Lipinski definition) is 1. The van der Waals surface area contributed by atoms with E-state index in [-0.39, 0.29) is 17.1 Å². The van der Waals surface area contributed by atoms with E-state index in [0.29, 0.717) is 6.42 Å². The lowest BCUT2D eigenvalue weighted by Crippen LogP contribution is -2.03. The summed E-state index contributed by atoms with van der Waals surface area (Å²) >= 11 is 0. The number of carbonyl (C=O) groups is 1. The molecule has 86 valence electrons. The van der Waals surface area contributed by atoms with Crippen LogP contribution in [0.15, 0.2) is 24.8 Å². The van der Waals surface area contributed by atoms with Gasteiger partial charge in [-0.1, -0.05) is 6.08 Å². The van der Waals surface area contributed by atoms with E-state index < -0.39 is 5.97 Å². The lowest BCUT2D eigenvalue weighted by atomic mass is 10.1. The molecule has 1 rings (SSSR count). The normalized spacial score (nSPS) is 9.62. The summed E-state index contributed by atoms with van der Waals surface area (Å²) in [4.78, 5) is 11.4. The van der Waals surface area contributed by atoms with Gasteiger partial charge in [0.1, 0.15) is 5.56 Å². The van der Waals surface area contributed by atoms with Crippen molar-refractivity contribution in [1.29, 1.82) is 0 Å². The molecule has 1 N–H and O–H groups in total. The Morgan fingerprint density at radius 1 is 1.50 bits per heavy atom. The van der Waals surface area contributed by atoms with E-state index in [9.17, 15) is 9.90 Å². The first-order valence-electron chi connectivity index (χ1n) is 4.73. The number of aromatic hydroxyl groups is 1. The molecule has 0 aliphatic heterocycles. The molecule has 0 radical (unpaired) electrons. The lowest BCUT2D eigenvalue weighted by molar-refractivity contribution is 0.0596. The van der Waals surface area contributed by atoms with E-state index in [0.717, 1.165) is 5.56 Å². The zero-order chi connectivity index (χ0) is 12.1. The van der Waals surface area contributed by atoms with Gasteiger partial charge in [0, 0.05) is 0 Å². The fourth-order valence-corrected chi connectivity index (χ4v) is 1.37. The molecule has 0 saturated heterocycles. The summed E-state index contributed by atoms with van der Waals surface area (Å²) in [7, 11) is 2.68. The van der Waals surface area contributed by atoms with Crippen molar-refractivity contribution in [3.63, 3.8) is 0 Å². The first-order valence-corrected chi connectivity index (χ1v) is 4.73. The van der Waals surface area contributed by atoms with Crippen LogP contribution in [0, 0.1) is 0 Å². The summed E-state index contributed by atoms with van der Waals surface area (Å²) in [5.41, 5.74) is 0.920. The number of rotatable bonds is 4. The predicted octanol–water partition coefficient (Wildman–Crippen LogP) is 1.92. The molecule has 4 nitrogen and oxygen atoms in total. The van der Waals surface area contributed by atoms with Gasteiger partial charge in [0.05, 0.1) is 14.2 Å². The minimum Gasteiger partial charge on any atom is -0.504 e. The summed E-state index contributed by atoms with van der Waals surface area (Å²) < 4.78 is 9.54. The van der Waals surface area contributed by atoms with Crippen molar-refractivity contribution in [3.8, 4) is 11.5 Å². The Kier molecular flexibility index (Phi) is 3.94. The molecule has 0 fully saturated rings. The first-order chi connectivity index (χ1) is 7.63. The van der Waals surface area contributed by atoms with E-state index in [4.69, 9.17) is 4.74 Å². The Morgan fingerprint density at radius 3 is 2.69 bits per heavy atom. The number of esters is 1. The molecule has 0 aliphatic carbocycles. The van der Waals surface area contributed by atoms with Crippen molar-refractivity contribution in [2.75, 3.05) is 14.2 Å². The monoisotopic (exact) mass is 222 g/mol. The maximum Gasteiger partial charge on any atom is 0.341 e. The van der Waals surface area contributed by atoms with Gasteiger partial charge in [-0.15, -0.1) is 6.58 Å². The van der Waals surface area contributed by atoms with Gasteiger partial charge in [0.15, 0.2) is 11.5 Å². The van der Waals surface area contributed by atoms with Gasteiger partial charge in [-0.05, 0) is 24.1 Å². The van der Waals surface area contributed by atoms with E-state index in [1.165, 1.54) is 14.2 Å². The summed E-state index contributed by atoms with van der Waals surface area (Å²) in [5.74, 6) is -0.552. The molecular formula is C12H14O4. The summed E-state index contributed by atoms with van der Waals surface area (Å²) in [6.45, 7) is 3.61. The molecule has 0 heterocycles. The zero-order valence-electron chi connectivity index (χ0n) is 9.32. The van der Waals surface area contributed by atoms with Gasteiger partial charge in [-0.2, -0.15) is 0 Å². The van der Waals surface area contributed by atoms with Gasteiger partial charge in [-0.25, -0.2) is 4.79 Å². The topological polar surface area (TPSA) is 55.8 Å². The quantitative estimate of drug-likeness (QED) is 0.624. The molecule has 0 amide bonds. The molecule has 0 saturated carbocycles. The average molecular weight is 222 g/mol. The Labute approximate surface area is 94.1 Å². The third kappa shape index (κ3) is 2.34. The average Bonchev–Trinajstić information content (AvgIpc) is 2.30. The van der Waals surface area contributed by atoms with Crippen molar-refractivity contribution in [1.82, 2.24) is 0 Å². The van der Waals surface area contributed by atoms with Crippen LogP contribution >= 0.6 is 0 Å². The second-order valence-electron chi connectivity index (χ2n) is 3.18. The molecule has 0 spiro atoms. The Hall–Kier alpha value is -1.97. The van der Waals surface area contributed by atoms with Crippen LogP contribution in [0.1, 0.15) is 15.9 Å². The zero-order valence-corrected chi connectivity index (χ0v) is 9.32. The van der Waals surface area contributed by atoms with Crippen molar-refractivity contribution in [3.05, 3.63) is 35.9 Å². The van der Waals surface area contributed by atoms with Crippen molar-refractivity contribution in [2.45, 2.75) is 6.42 Å². The van der Waals surface area contributed by atoms with Crippen LogP contribution in [0.25, 0.3) is 0 Å². The van der Waals surface area contributed by atoms with Crippen LogP contribution in [0.2, 0.25) is 0 Å². The standard InChI is InChI=1S/C12H14O4/c1-4-5-8-6-9(12(14)16-3)11(13)10(7-8)15-2/h4,6-7,13H,1,5H2,2-3H3. The van der Waals surface area contributed by atoms with Crippen LogP contribution < -0.4 is 4.74 Å².